The molecule has 26 heavy (non-hydrogen) atoms. The van der Waals surface area contributed by atoms with Gasteiger partial charge in [0.25, 0.3) is 0 Å². The van der Waals surface area contributed by atoms with E-state index in [1.54, 1.807) is 25.8 Å². The highest BCUT2D eigenvalue weighted by Crippen LogP contribution is 2.17. The lowest BCUT2D eigenvalue weighted by molar-refractivity contribution is -0.138. The van der Waals surface area contributed by atoms with Gasteiger partial charge in [0.15, 0.2) is 0 Å². The van der Waals surface area contributed by atoms with E-state index in [2.05, 4.69) is 29.3 Å². The quantitative estimate of drug-likeness (QED) is 0.768. The van der Waals surface area contributed by atoms with Gasteiger partial charge in [-0.1, -0.05) is 24.3 Å². The Hall–Kier alpha value is -1.92. The number of amides is 2. The molecule has 6 nitrogen and oxygen atoms in total. The van der Waals surface area contributed by atoms with Crippen molar-refractivity contribution in [2.75, 3.05) is 26.7 Å². The van der Waals surface area contributed by atoms with Crippen LogP contribution in [0.4, 0.5) is 0 Å². The van der Waals surface area contributed by atoms with Gasteiger partial charge in [-0.25, -0.2) is 0 Å². The molecule has 0 aliphatic carbocycles. The van der Waals surface area contributed by atoms with Gasteiger partial charge in [-0.15, -0.1) is 0 Å². The molecule has 144 valence electrons. The summed E-state index contributed by atoms with van der Waals surface area (Å²) in [5, 5.41) is 12.7. The number of nitrogens with one attached hydrogen (secondary N) is 1. The summed E-state index contributed by atoms with van der Waals surface area (Å²) in [6.45, 7) is 7.97. The lowest BCUT2D eigenvalue weighted by atomic mass is 10.0. The van der Waals surface area contributed by atoms with E-state index < -0.39 is 11.6 Å². The normalized spacial score (nSPS) is 18.5. The standard InChI is InChI=1S/C20H31N3O3/c1-15-7-5-6-8-16(15)14-23-12-10-21-19(25)17(23)13-18(24)22(4)11-9-20(2,3)26/h5-8,17,26H,9-14H2,1-4H3,(H,21,25)/t17-/m0/s1. The van der Waals surface area contributed by atoms with Gasteiger partial charge in [0, 0.05) is 33.2 Å². The first-order valence-corrected chi connectivity index (χ1v) is 9.20. The maximum Gasteiger partial charge on any atom is 0.237 e. The number of rotatable bonds is 7. The number of carbonyl (C=O) groups is 2. The summed E-state index contributed by atoms with van der Waals surface area (Å²) in [5.41, 5.74) is 1.55. The van der Waals surface area contributed by atoms with Crippen molar-refractivity contribution in [3.8, 4) is 0 Å². The van der Waals surface area contributed by atoms with Gasteiger partial charge in [-0.3, -0.25) is 14.5 Å². The molecule has 0 spiro atoms. The number of benzene rings is 1. The summed E-state index contributed by atoms with van der Waals surface area (Å²) in [5.74, 6) is -0.167. The van der Waals surface area contributed by atoms with Gasteiger partial charge in [0.05, 0.1) is 18.1 Å². The molecule has 0 aromatic heterocycles. The van der Waals surface area contributed by atoms with Crippen LogP contribution in [-0.2, 0) is 16.1 Å². The van der Waals surface area contributed by atoms with Crippen molar-refractivity contribution in [1.82, 2.24) is 15.1 Å². The molecule has 0 bridgehead atoms. The molecule has 1 heterocycles. The van der Waals surface area contributed by atoms with Crippen LogP contribution in [0.1, 0.15) is 37.8 Å². The Bertz CT molecular complexity index is 639. The lowest BCUT2D eigenvalue weighted by Gasteiger charge is -2.36. The van der Waals surface area contributed by atoms with Crippen molar-refractivity contribution in [2.24, 2.45) is 0 Å². The second kappa shape index (κ2) is 8.64. The second-order valence-corrected chi connectivity index (χ2v) is 7.79. The van der Waals surface area contributed by atoms with Gasteiger partial charge >= 0.3 is 0 Å². The fraction of sp³-hybridized carbons (Fsp3) is 0.600. The minimum atomic E-state index is -0.812. The third-order valence-electron chi connectivity index (χ3n) is 4.93. The highest BCUT2D eigenvalue weighted by atomic mass is 16.3. The van der Waals surface area contributed by atoms with E-state index >= 15 is 0 Å². The Morgan fingerprint density at radius 2 is 2.08 bits per heavy atom. The van der Waals surface area contributed by atoms with E-state index in [0.717, 1.165) is 6.54 Å². The number of nitrogens with zero attached hydrogens (tertiary/aromatic N) is 2. The van der Waals surface area contributed by atoms with Crippen molar-refractivity contribution < 1.29 is 14.7 Å². The molecular weight excluding hydrogens is 330 g/mol. The molecule has 0 radical (unpaired) electrons. The Labute approximate surface area is 156 Å². The SMILES string of the molecule is Cc1ccccc1CN1CCNC(=O)[C@@H]1CC(=O)N(C)CCC(C)(C)O. The van der Waals surface area contributed by atoms with Gasteiger partial charge in [0.1, 0.15) is 0 Å². The smallest absolute Gasteiger partial charge is 0.237 e. The van der Waals surface area contributed by atoms with E-state index in [1.807, 2.05) is 12.1 Å². The predicted molar refractivity (Wildman–Crippen MR) is 102 cm³/mol. The fourth-order valence-electron chi connectivity index (χ4n) is 3.07. The van der Waals surface area contributed by atoms with Crippen LogP contribution in [0.2, 0.25) is 0 Å². The number of hydrogen-bond donors (Lipinski definition) is 2. The maximum atomic E-state index is 12.6. The lowest BCUT2D eigenvalue weighted by Crippen LogP contribution is -2.56. The number of carbonyl (C=O) groups excluding carboxylic acids is 2. The molecule has 1 aliphatic heterocycles. The molecule has 1 aromatic carbocycles. The van der Waals surface area contributed by atoms with Crippen LogP contribution in [-0.4, -0.2) is 65.0 Å². The van der Waals surface area contributed by atoms with E-state index in [0.29, 0.717) is 26.1 Å². The summed E-state index contributed by atoms with van der Waals surface area (Å²) in [6.07, 6.45) is 0.652. The molecule has 1 fully saturated rings. The number of piperazine rings is 1. The topological polar surface area (TPSA) is 72.9 Å². The van der Waals surface area contributed by atoms with Crippen LogP contribution in [0.15, 0.2) is 24.3 Å². The number of hydrogen-bond acceptors (Lipinski definition) is 4. The molecule has 1 saturated heterocycles. The predicted octanol–water partition coefficient (Wildman–Crippen LogP) is 1.30. The van der Waals surface area contributed by atoms with E-state index in [-0.39, 0.29) is 18.2 Å². The second-order valence-electron chi connectivity index (χ2n) is 7.79. The van der Waals surface area contributed by atoms with Crippen LogP contribution in [0, 0.1) is 6.92 Å². The average Bonchev–Trinajstić information content (AvgIpc) is 2.57. The third-order valence-corrected chi connectivity index (χ3v) is 4.93. The summed E-state index contributed by atoms with van der Waals surface area (Å²) >= 11 is 0. The van der Waals surface area contributed by atoms with E-state index in [9.17, 15) is 14.7 Å². The molecular formula is C20H31N3O3. The zero-order valence-corrected chi connectivity index (χ0v) is 16.3. The third kappa shape index (κ3) is 5.81. The molecule has 2 N–H and O–H groups in total. The van der Waals surface area contributed by atoms with Crippen LogP contribution in [0.3, 0.4) is 0 Å². The highest BCUT2D eigenvalue weighted by Gasteiger charge is 2.32. The fourth-order valence-corrected chi connectivity index (χ4v) is 3.07. The van der Waals surface area contributed by atoms with Gasteiger partial charge < -0.3 is 15.3 Å². The van der Waals surface area contributed by atoms with Gasteiger partial charge in [-0.2, -0.15) is 0 Å². The first-order chi connectivity index (χ1) is 12.2. The summed E-state index contributed by atoms with van der Waals surface area (Å²) in [6, 6.07) is 7.66. The van der Waals surface area contributed by atoms with Crippen molar-refractivity contribution in [2.45, 2.75) is 51.8 Å². The minimum absolute atomic E-state index is 0.0777. The largest absolute Gasteiger partial charge is 0.390 e. The maximum absolute atomic E-state index is 12.6. The minimum Gasteiger partial charge on any atom is -0.390 e. The van der Waals surface area contributed by atoms with E-state index in [4.69, 9.17) is 0 Å². The monoisotopic (exact) mass is 361 g/mol. The van der Waals surface area contributed by atoms with Gasteiger partial charge in [0.2, 0.25) is 11.8 Å². The van der Waals surface area contributed by atoms with Crippen LogP contribution < -0.4 is 5.32 Å². The summed E-state index contributed by atoms with van der Waals surface area (Å²) in [7, 11) is 1.72. The van der Waals surface area contributed by atoms with Gasteiger partial charge in [-0.05, 0) is 38.3 Å². The van der Waals surface area contributed by atoms with Crippen molar-refractivity contribution in [1.29, 1.82) is 0 Å². The summed E-state index contributed by atoms with van der Waals surface area (Å²) < 4.78 is 0. The van der Waals surface area contributed by atoms with Crippen LogP contribution >= 0.6 is 0 Å². The Kier molecular flexibility index (Phi) is 6.78. The molecule has 6 heteroatoms. The highest BCUT2D eigenvalue weighted by molar-refractivity contribution is 5.88. The molecule has 2 amide bonds. The van der Waals surface area contributed by atoms with Crippen LogP contribution in [0.5, 0.6) is 0 Å². The molecule has 1 aliphatic rings. The van der Waals surface area contributed by atoms with Crippen LogP contribution in [0.25, 0.3) is 0 Å². The molecule has 1 atom stereocenters. The molecule has 1 aromatic rings. The Morgan fingerprint density at radius 1 is 1.38 bits per heavy atom. The Morgan fingerprint density at radius 3 is 2.73 bits per heavy atom. The number of aliphatic hydroxyl groups is 1. The number of aryl methyl sites for hydroxylation is 1. The van der Waals surface area contributed by atoms with Crippen molar-refractivity contribution in [3.05, 3.63) is 35.4 Å². The zero-order valence-electron chi connectivity index (χ0n) is 16.3. The van der Waals surface area contributed by atoms with E-state index in [1.165, 1.54) is 11.1 Å². The van der Waals surface area contributed by atoms with Crippen molar-refractivity contribution >= 4 is 11.8 Å². The molecule has 0 saturated carbocycles. The summed E-state index contributed by atoms with van der Waals surface area (Å²) in [4.78, 5) is 28.7. The average molecular weight is 361 g/mol. The van der Waals surface area contributed by atoms with Crippen molar-refractivity contribution in [3.63, 3.8) is 0 Å². The first-order valence-electron chi connectivity index (χ1n) is 9.20. The first kappa shape index (κ1) is 20.4. The molecule has 2 rings (SSSR count). The molecule has 0 unspecified atom stereocenters. The Balaban J connectivity index is 2.02. The zero-order chi connectivity index (χ0) is 19.3.